The van der Waals surface area contributed by atoms with E-state index in [1.54, 1.807) is 13.2 Å². The lowest BCUT2D eigenvalue weighted by Crippen LogP contribution is -2.02. The smallest absolute Gasteiger partial charge is 0.306 e. The fraction of sp³-hybridized carbons (Fsp3) is 0.500. The topological polar surface area (TPSA) is 64.1 Å². The van der Waals surface area contributed by atoms with E-state index >= 15 is 0 Å². The monoisotopic (exact) mass is 241 g/mol. The minimum Gasteiger partial charge on any atom is -0.469 e. The van der Waals surface area contributed by atoms with Crippen molar-refractivity contribution < 1.29 is 9.53 Å². The molecule has 0 aliphatic carbocycles. The third-order valence-corrected chi connectivity index (χ3v) is 3.02. The lowest BCUT2D eigenvalue weighted by atomic mass is 10.4. The van der Waals surface area contributed by atoms with E-state index in [1.807, 2.05) is 6.92 Å². The Morgan fingerprint density at radius 1 is 1.62 bits per heavy atom. The van der Waals surface area contributed by atoms with Crippen molar-refractivity contribution in [2.75, 3.05) is 25.2 Å². The molecule has 0 fully saturated rings. The second kappa shape index (κ2) is 6.32. The maximum atomic E-state index is 10.9. The lowest BCUT2D eigenvalue weighted by Gasteiger charge is -2.05. The Bertz CT molecular complexity index is 371. The molecule has 0 atom stereocenters. The summed E-state index contributed by atoms with van der Waals surface area (Å²) in [5, 5.41) is 3.77. The van der Waals surface area contributed by atoms with Gasteiger partial charge in [0.2, 0.25) is 5.95 Å². The molecule has 16 heavy (non-hydrogen) atoms. The first-order valence-corrected chi connectivity index (χ1v) is 5.87. The molecule has 0 radical (unpaired) electrons. The Labute approximate surface area is 99.0 Å². The van der Waals surface area contributed by atoms with Gasteiger partial charge in [0.1, 0.15) is 5.03 Å². The maximum absolute atomic E-state index is 10.9. The maximum Gasteiger partial charge on any atom is 0.306 e. The van der Waals surface area contributed by atoms with Gasteiger partial charge in [-0.15, -0.1) is 11.8 Å². The zero-order valence-corrected chi connectivity index (χ0v) is 10.4. The van der Waals surface area contributed by atoms with Crippen LogP contribution in [0.5, 0.6) is 0 Å². The predicted molar refractivity (Wildman–Crippen MR) is 63.7 cm³/mol. The number of nitrogens with one attached hydrogen (secondary N) is 1. The quantitative estimate of drug-likeness (QED) is 0.478. The number of aromatic nitrogens is 2. The molecule has 1 N–H and O–H groups in total. The summed E-state index contributed by atoms with van der Waals surface area (Å²) >= 11 is 1.53. The summed E-state index contributed by atoms with van der Waals surface area (Å²) in [7, 11) is 3.16. The van der Waals surface area contributed by atoms with Crippen LogP contribution in [0.15, 0.2) is 11.2 Å². The van der Waals surface area contributed by atoms with Crippen molar-refractivity contribution in [3.63, 3.8) is 0 Å². The molecule has 0 amide bonds. The molecule has 0 saturated carbocycles. The minimum atomic E-state index is -0.201. The Hall–Kier alpha value is -1.30. The SMILES string of the molecule is CNc1ncc(C)c(SCCC(=O)OC)n1. The van der Waals surface area contributed by atoms with E-state index in [0.29, 0.717) is 18.1 Å². The van der Waals surface area contributed by atoms with Crippen LogP contribution < -0.4 is 5.32 Å². The van der Waals surface area contributed by atoms with Crippen LogP contribution in [0, 0.1) is 6.92 Å². The molecule has 0 aliphatic heterocycles. The zero-order chi connectivity index (χ0) is 12.0. The summed E-state index contributed by atoms with van der Waals surface area (Å²) in [5.74, 6) is 1.05. The van der Waals surface area contributed by atoms with Crippen molar-refractivity contribution in [3.05, 3.63) is 11.8 Å². The van der Waals surface area contributed by atoms with Gasteiger partial charge in [0.25, 0.3) is 0 Å². The standard InChI is InChI=1S/C10H15N3O2S/c1-7-6-12-10(11-2)13-9(7)16-5-4-8(14)15-3/h6H,4-5H2,1-3H3,(H,11,12,13). The van der Waals surface area contributed by atoms with Crippen molar-refractivity contribution in [2.24, 2.45) is 0 Å². The molecule has 0 unspecified atom stereocenters. The fourth-order valence-electron chi connectivity index (χ4n) is 1.03. The summed E-state index contributed by atoms with van der Waals surface area (Å²) in [6.07, 6.45) is 2.15. The highest BCUT2D eigenvalue weighted by Crippen LogP contribution is 2.21. The summed E-state index contributed by atoms with van der Waals surface area (Å²) in [4.78, 5) is 19.3. The van der Waals surface area contributed by atoms with Gasteiger partial charge in [-0.3, -0.25) is 4.79 Å². The second-order valence-electron chi connectivity index (χ2n) is 3.11. The predicted octanol–water partition coefficient (Wildman–Crippen LogP) is 1.48. The van der Waals surface area contributed by atoms with Crippen LogP contribution in [0.1, 0.15) is 12.0 Å². The highest BCUT2D eigenvalue weighted by atomic mass is 32.2. The van der Waals surface area contributed by atoms with E-state index in [0.717, 1.165) is 10.6 Å². The van der Waals surface area contributed by atoms with Crippen LogP contribution in [0.4, 0.5) is 5.95 Å². The van der Waals surface area contributed by atoms with Gasteiger partial charge in [0, 0.05) is 19.0 Å². The normalized spacial score (nSPS) is 9.94. The Morgan fingerprint density at radius 3 is 3.00 bits per heavy atom. The van der Waals surface area contributed by atoms with Crippen molar-refractivity contribution >= 4 is 23.7 Å². The van der Waals surface area contributed by atoms with Crippen LogP contribution in [-0.2, 0) is 9.53 Å². The summed E-state index contributed by atoms with van der Waals surface area (Å²) in [6.45, 7) is 1.94. The highest BCUT2D eigenvalue weighted by molar-refractivity contribution is 7.99. The van der Waals surface area contributed by atoms with Gasteiger partial charge < -0.3 is 10.1 Å². The van der Waals surface area contributed by atoms with E-state index in [1.165, 1.54) is 18.9 Å². The number of methoxy groups -OCH3 is 1. The zero-order valence-electron chi connectivity index (χ0n) is 9.61. The van der Waals surface area contributed by atoms with Crippen LogP contribution in [0.2, 0.25) is 0 Å². The van der Waals surface area contributed by atoms with Gasteiger partial charge in [0.15, 0.2) is 0 Å². The molecule has 0 bridgehead atoms. The van der Waals surface area contributed by atoms with E-state index < -0.39 is 0 Å². The van der Waals surface area contributed by atoms with E-state index in [4.69, 9.17) is 0 Å². The Morgan fingerprint density at radius 2 is 2.38 bits per heavy atom. The van der Waals surface area contributed by atoms with Gasteiger partial charge in [-0.1, -0.05) is 0 Å². The largest absolute Gasteiger partial charge is 0.469 e. The number of aryl methyl sites for hydroxylation is 1. The van der Waals surface area contributed by atoms with Gasteiger partial charge >= 0.3 is 5.97 Å². The second-order valence-corrected chi connectivity index (χ2v) is 4.19. The molecule has 5 nitrogen and oxygen atoms in total. The molecule has 0 spiro atoms. The average molecular weight is 241 g/mol. The fourth-order valence-corrected chi connectivity index (χ4v) is 1.92. The molecule has 1 aromatic rings. The van der Waals surface area contributed by atoms with Gasteiger partial charge in [-0.25, -0.2) is 9.97 Å². The number of hydrogen-bond donors (Lipinski definition) is 1. The van der Waals surface area contributed by atoms with Crippen LogP contribution in [-0.4, -0.2) is 35.8 Å². The molecule has 1 aromatic heterocycles. The number of hydrogen-bond acceptors (Lipinski definition) is 6. The van der Waals surface area contributed by atoms with Gasteiger partial charge in [-0.2, -0.15) is 0 Å². The van der Waals surface area contributed by atoms with Crippen molar-refractivity contribution in [2.45, 2.75) is 18.4 Å². The number of thioether (sulfide) groups is 1. The number of anilines is 1. The third-order valence-electron chi connectivity index (χ3n) is 1.92. The number of esters is 1. The van der Waals surface area contributed by atoms with E-state index in [2.05, 4.69) is 20.0 Å². The van der Waals surface area contributed by atoms with E-state index in [-0.39, 0.29) is 5.97 Å². The summed E-state index contributed by atoms with van der Waals surface area (Å²) in [5.41, 5.74) is 1.01. The summed E-state index contributed by atoms with van der Waals surface area (Å²) < 4.78 is 4.57. The molecule has 88 valence electrons. The molecule has 0 saturated heterocycles. The van der Waals surface area contributed by atoms with Gasteiger partial charge in [0.05, 0.1) is 13.5 Å². The average Bonchev–Trinajstić information content (AvgIpc) is 2.31. The van der Waals surface area contributed by atoms with Crippen molar-refractivity contribution in [1.82, 2.24) is 9.97 Å². The molecular formula is C10H15N3O2S. The lowest BCUT2D eigenvalue weighted by molar-refractivity contribution is -0.140. The van der Waals surface area contributed by atoms with Crippen LogP contribution >= 0.6 is 11.8 Å². The number of ether oxygens (including phenoxy) is 1. The first-order valence-electron chi connectivity index (χ1n) is 4.88. The first kappa shape index (κ1) is 12.8. The van der Waals surface area contributed by atoms with Crippen LogP contribution in [0.25, 0.3) is 0 Å². The Kier molecular flexibility index (Phi) is 5.04. The first-order chi connectivity index (χ1) is 7.67. The molecule has 0 aromatic carbocycles. The van der Waals surface area contributed by atoms with Gasteiger partial charge in [-0.05, 0) is 12.5 Å². The molecule has 1 rings (SSSR count). The number of carbonyl (C=O) groups excluding carboxylic acids is 1. The molecule has 0 aliphatic rings. The Balaban J connectivity index is 2.55. The van der Waals surface area contributed by atoms with Crippen molar-refractivity contribution in [3.8, 4) is 0 Å². The molecule has 1 heterocycles. The minimum absolute atomic E-state index is 0.201. The highest BCUT2D eigenvalue weighted by Gasteiger charge is 2.06. The van der Waals surface area contributed by atoms with Crippen molar-refractivity contribution in [1.29, 1.82) is 0 Å². The number of nitrogens with zero attached hydrogens (tertiary/aromatic N) is 2. The molecular weight excluding hydrogens is 226 g/mol. The van der Waals surface area contributed by atoms with Crippen LogP contribution in [0.3, 0.4) is 0 Å². The van der Waals surface area contributed by atoms with E-state index in [9.17, 15) is 4.79 Å². The summed E-state index contributed by atoms with van der Waals surface area (Å²) in [6, 6.07) is 0. The number of carbonyl (C=O) groups is 1. The number of rotatable bonds is 5. The third kappa shape index (κ3) is 3.69. The molecule has 6 heteroatoms.